The molecular weight excluding hydrogens is 621 g/mol. The highest BCUT2D eigenvalue weighted by atomic mass is 32.1. The second-order valence-electron chi connectivity index (χ2n) is 12.2. The number of fused-ring (bicyclic) bond motifs is 5. The van der Waals surface area contributed by atoms with Gasteiger partial charge in [-0.1, -0.05) is 133 Å². The number of thiazole rings is 2. The average Bonchev–Trinajstić information content (AvgIpc) is 3.76. The van der Waals surface area contributed by atoms with Crippen molar-refractivity contribution in [2.45, 2.75) is 0 Å². The van der Waals surface area contributed by atoms with Gasteiger partial charge in [0.05, 0.1) is 20.4 Å². The van der Waals surface area contributed by atoms with Gasteiger partial charge in [-0.2, -0.15) is 0 Å². The van der Waals surface area contributed by atoms with E-state index < -0.39 is 0 Å². The van der Waals surface area contributed by atoms with Gasteiger partial charge < -0.3 is 0 Å². The molecule has 0 unspecified atom stereocenters. The zero-order valence-corrected chi connectivity index (χ0v) is 27.4. The molecule has 2 aromatic heterocycles. The number of hydrogen-bond donors (Lipinski definition) is 0. The van der Waals surface area contributed by atoms with Gasteiger partial charge in [0, 0.05) is 11.1 Å². The highest BCUT2D eigenvalue weighted by Gasteiger charge is 2.13. The van der Waals surface area contributed by atoms with Gasteiger partial charge in [-0.05, 0) is 78.8 Å². The largest absolute Gasteiger partial charge is 0.236 e. The van der Waals surface area contributed by atoms with Crippen molar-refractivity contribution < 1.29 is 0 Å². The van der Waals surface area contributed by atoms with Crippen LogP contribution < -0.4 is 0 Å². The monoisotopic (exact) mass is 646 g/mol. The third-order valence-electron chi connectivity index (χ3n) is 9.32. The lowest BCUT2D eigenvalue weighted by molar-refractivity contribution is 1.48. The fraction of sp³-hybridized carbons (Fsp3) is 0. The van der Waals surface area contributed by atoms with Gasteiger partial charge in [0.2, 0.25) is 0 Å². The van der Waals surface area contributed by atoms with Crippen molar-refractivity contribution in [3.63, 3.8) is 0 Å². The van der Waals surface area contributed by atoms with Crippen LogP contribution >= 0.6 is 22.7 Å². The van der Waals surface area contributed by atoms with Gasteiger partial charge in [0.1, 0.15) is 10.0 Å². The summed E-state index contributed by atoms with van der Waals surface area (Å²) in [4.78, 5) is 10.2. The lowest BCUT2D eigenvalue weighted by Gasteiger charge is -2.07. The SMILES string of the molecule is c1ccc2c(-c3ccc(-c4nc5cc6cc7sc(-c8ccc(-c9cccc%10ccccc9%10)cc8)nc7cc6cc5s4)cc3)cccc2c1. The Morgan fingerprint density at radius 3 is 1.19 bits per heavy atom. The van der Waals surface area contributed by atoms with E-state index in [4.69, 9.17) is 9.97 Å². The molecule has 2 heterocycles. The van der Waals surface area contributed by atoms with Gasteiger partial charge in [-0.15, -0.1) is 22.7 Å². The predicted molar refractivity (Wildman–Crippen MR) is 207 cm³/mol. The molecule has 0 amide bonds. The third kappa shape index (κ3) is 4.61. The van der Waals surface area contributed by atoms with Crippen LogP contribution in [0.25, 0.3) is 96.1 Å². The first-order valence-corrected chi connectivity index (χ1v) is 17.7. The van der Waals surface area contributed by atoms with Crippen LogP contribution in [0.2, 0.25) is 0 Å². The van der Waals surface area contributed by atoms with Crippen LogP contribution in [0.5, 0.6) is 0 Å². The summed E-state index contributed by atoms with van der Waals surface area (Å²) in [6.45, 7) is 0. The molecule has 10 aromatic rings. The normalized spacial score (nSPS) is 11.8. The fourth-order valence-electron chi connectivity index (χ4n) is 6.88. The molecule has 4 heteroatoms. The molecule has 0 saturated carbocycles. The van der Waals surface area contributed by atoms with Crippen molar-refractivity contribution in [2.24, 2.45) is 0 Å². The Hall–Kier alpha value is -5.68. The molecular formula is C44H26N2S2. The summed E-state index contributed by atoms with van der Waals surface area (Å²) < 4.78 is 2.38. The van der Waals surface area contributed by atoms with Crippen LogP contribution in [0.3, 0.4) is 0 Å². The highest BCUT2D eigenvalue weighted by Crippen LogP contribution is 2.38. The van der Waals surface area contributed by atoms with E-state index in [2.05, 4.69) is 158 Å². The molecule has 48 heavy (non-hydrogen) atoms. The Bertz CT molecular complexity index is 2550. The molecule has 0 spiro atoms. The minimum absolute atomic E-state index is 1.04. The van der Waals surface area contributed by atoms with Crippen LogP contribution in [0.4, 0.5) is 0 Å². The maximum absolute atomic E-state index is 5.08. The van der Waals surface area contributed by atoms with Crippen molar-refractivity contribution in [3.8, 4) is 43.4 Å². The van der Waals surface area contributed by atoms with Crippen molar-refractivity contribution in [1.29, 1.82) is 0 Å². The number of nitrogens with zero attached hydrogens (tertiary/aromatic N) is 2. The molecule has 0 saturated heterocycles. The minimum atomic E-state index is 1.04. The first-order chi connectivity index (χ1) is 23.7. The summed E-state index contributed by atoms with van der Waals surface area (Å²) in [6.07, 6.45) is 0. The van der Waals surface area contributed by atoms with Crippen LogP contribution in [0.1, 0.15) is 0 Å². The minimum Gasteiger partial charge on any atom is -0.236 e. The van der Waals surface area contributed by atoms with E-state index in [0.717, 1.165) is 32.2 Å². The van der Waals surface area contributed by atoms with Crippen LogP contribution in [-0.2, 0) is 0 Å². The number of aromatic nitrogens is 2. The van der Waals surface area contributed by atoms with E-state index in [9.17, 15) is 0 Å². The molecule has 0 aliphatic heterocycles. The van der Waals surface area contributed by atoms with E-state index in [0.29, 0.717) is 0 Å². The quantitative estimate of drug-likeness (QED) is 0.190. The molecule has 2 nitrogen and oxygen atoms in total. The number of rotatable bonds is 4. The molecule has 0 fully saturated rings. The molecule has 8 aromatic carbocycles. The summed E-state index contributed by atoms with van der Waals surface area (Å²) in [6, 6.07) is 56.8. The Labute approximate surface area is 285 Å². The standard InChI is InChI=1S/C44H26N2S2/c1-3-11-35-27(7-1)9-5-13-37(35)29-15-19-31(20-16-29)43-45-39-23-33-26-42-40(24-34(33)25-41(39)47-43)46-44(48-42)32-21-17-30(18-22-32)38-14-6-10-28-8-2-4-12-36(28)38/h1-26H. The molecule has 224 valence electrons. The summed E-state index contributed by atoms with van der Waals surface area (Å²) in [5, 5.41) is 9.54. The van der Waals surface area contributed by atoms with Gasteiger partial charge in [0.15, 0.2) is 0 Å². The van der Waals surface area contributed by atoms with Gasteiger partial charge >= 0.3 is 0 Å². The smallest absolute Gasteiger partial charge is 0.124 e. The first-order valence-electron chi connectivity index (χ1n) is 16.1. The molecule has 0 bridgehead atoms. The van der Waals surface area contributed by atoms with Crippen LogP contribution in [-0.4, -0.2) is 9.97 Å². The van der Waals surface area contributed by atoms with Crippen molar-refractivity contribution >= 4 is 75.4 Å². The Morgan fingerprint density at radius 1 is 0.333 bits per heavy atom. The summed E-state index contributed by atoms with van der Waals surface area (Å²) >= 11 is 3.50. The van der Waals surface area contributed by atoms with E-state index in [-0.39, 0.29) is 0 Å². The summed E-state index contributed by atoms with van der Waals surface area (Å²) in [5.41, 5.74) is 9.30. The van der Waals surface area contributed by atoms with Crippen molar-refractivity contribution in [3.05, 3.63) is 158 Å². The Morgan fingerprint density at radius 2 is 0.729 bits per heavy atom. The molecule has 0 atom stereocenters. The summed E-state index contributed by atoms with van der Waals surface area (Å²) in [7, 11) is 0. The number of hydrogen-bond acceptors (Lipinski definition) is 4. The highest BCUT2D eigenvalue weighted by molar-refractivity contribution is 7.22. The van der Waals surface area contributed by atoms with Gasteiger partial charge in [-0.3, -0.25) is 0 Å². The molecule has 0 aliphatic rings. The van der Waals surface area contributed by atoms with Crippen LogP contribution in [0, 0.1) is 0 Å². The second-order valence-corrected chi connectivity index (χ2v) is 14.3. The molecule has 0 radical (unpaired) electrons. The van der Waals surface area contributed by atoms with E-state index >= 15 is 0 Å². The molecule has 0 N–H and O–H groups in total. The third-order valence-corrected chi connectivity index (χ3v) is 11.5. The predicted octanol–water partition coefficient (Wildman–Crippen LogP) is 13.0. The zero-order valence-electron chi connectivity index (χ0n) is 25.7. The van der Waals surface area contributed by atoms with Crippen molar-refractivity contribution in [2.75, 3.05) is 0 Å². The summed E-state index contributed by atoms with van der Waals surface area (Å²) in [5.74, 6) is 0. The van der Waals surface area contributed by atoms with E-state index in [1.807, 2.05) is 0 Å². The van der Waals surface area contributed by atoms with Crippen molar-refractivity contribution in [1.82, 2.24) is 9.97 Å². The topological polar surface area (TPSA) is 25.8 Å². The lowest BCUT2D eigenvalue weighted by atomic mass is 9.98. The Kier molecular flexibility index (Phi) is 6.26. The first kappa shape index (κ1) is 27.4. The van der Waals surface area contributed by atoms with E-state index in [1.54, 1.807) is 22.7 Å². The van der Waals surface area contributed by atoms with E-state index in [1.165, 1.54) is 64.0 Å². The zero-order chi connectivity index (χ0) is 31.6. The maximum atomic E-state index is 5.08. The molecule has 10 rings (SSSR count). The van der Waals surface area contributed by atoms with Gasteiger partial charge in [0.25, 0.3) is 0 Å². The van der Waals surface area contributed by atoms with Gasteiger partial charge in [-0.25, -0.2) is 9.97 Å². The fourth-order valence-corrected chi connectivity index (χ4v) is 8.88. The second kappa shape index (κ2) is 11.0. The molecule has 0 aliphatic carbocycles. The Balaban J connectivity index is 0.959. The average molecular weight is 647 g/mol. The number of benzene rings is 8. The maximum Gasteiger partial charge on any atom is 0.124 e. The lowest BCUT2D eigenvalue weighted by Crippen LogP contribution is -1.82. The van der Waals surface area contributed by atoms with Crippen LogP contribution in [0.15, 0.2) is 158 Å².